The van der Waals surface area contributed by atoms with Gasteiger partial charge in [0.1, 0.15) is 5.75 Å². The van der Waals surface area contributed by atoms with Crippen LogP contribution in [0.4, 0.5) is 0 Å². The van der Waals surface area contributed by atoms with Gasteiger partial charge in [0, 0.05) is 17.7 Å². The normalized spacial score (nSPS) is 15.7. The summed E-state index contributed by atoms with van der Waals surface area (Å²) >= 11 is 0. The fraction of sp³-hybridized carbons (Fsp3) is 0.438. The van der Waals surface area contributed by atoms with Crippen molar-refractivity contribution >= 4 is 0 Å². The number of benzene rings is 1. The number of imidazole rings is 1. The molecule has 106 valence electrons. The van der Waals surface area contributed by atoms with Crippen LogP contribution < -0.4 is 10.5 Å². The Bertz CT molecular complexity index is 541. The van der Waals surface area contributed by atoms with E-state index in [-0.39, 0.29) is 0 Å². The van der Waals surface area contributed by atoms with Crippen molar-refractivity contribution in [3.8, 4) is 17.0 Å². The van der Waals surface area contributed by atoms with E-state index in [0.29, 0.717) is 12.6 Å². The molecule has 0 atom stereocenters. The number of nitrogens with two attached hydrogens (primary N) is 1. The fourth-order valence-electron chi connectivity index (χ4n) is 2.79. The van der Waals surface area contributed by atoms with Crippen LogP contribution in [-0.2, 0) is 6.42 Å². The monoisotopic (exact) mass is 271 g/mol. The van der Waals surface area contributed by atoms with Crippen molar-refractivity contribution in [3.63, 3.8) is 0 Å². The topological polar surface area (TPSA) is 63.9 Å². The summed E-state index contributed by atoms with van der Waals surface area (Å²) in [6.07, 6.45) is 7.89. The molecule has 1 aromatic carbocycles. The van der Waals surface area contributed by atoms with Crippen LogP contribution in [0.3, 0.4) is 0 Å². The zero-order valence-corrected chi connectivity index (χ0v) is 11.6. The van der Waals surface area contributed by atoms with Crippen molar-refractivity contribution in [3.05, 3.63) is 36.3 Å². The van der Waals surface area contributed by atoms with E-state index in [4.69, 9.17) is 10.5 Å². The fourth-order valence-corrected chi connectivity index (χ4v) is 2.79. The highest BCUT2D eigenvalue weighted by Crippen LogP contribution is 2.27. The molecule has 1 aliphatic rings. The standard InChI is InChI=1S/C16H21N3O/c17-10-9-15-16(19-11-18-15)12-5-7-14(8-6-12)20-13-3-1-2-4-13/h5-8,11,13H,1-4,9-10,17H2,(H,18,19). The highest BCUT2D eigenvalue weighted by molar-refractivity contribution is 5.62. The minimum absolute atomic E-state index is 0.402. The van der Waals surface area contributed by atoms with Gasteiger partial charge in [-0.3, -0.25) is 0 Å². The van der Waals surface area contributed by atoms with Crippen LogP contribution in [0.2, 0.25) is 0 Å². The van der Waals surface area contributed by atoms with Gasteiger partial charge in [0.2, 0.25) is 0 Å². The molecule has 0 unspecified atom stereocenters. The van der Waals surface area contributed by atoms with E-state index in [1.807, 2.05) is 12.1 Å². The predicted molar refractivity (Wildman–Crippen MR) is 79.7 cm³/mol. The zero-order valence-electron chi connectivity index (χ0n) is 11.6. The maximum atomic E-state index is 5.98. The molecule has 0 bridgehead atoms. The van der Waals surface area contributed by atoms with E-state index in [1.165, 1.54) is 25.7 Å². The van der Waals surface area contributed by atoms with E-state index in [1.54, 1.807) is 6.33 Å². The van der Waals surface area contributed by atoms with Crippen molar-refractivity contribution < 1.29 is 4.74 Å². The third-order valence-electron chi connectivity index (χ3n) is 3.85. The summed E-state index contributed by atoms with van der Waals surface area (Å²) in [6, 6.07) is 8.21. The van der Waals surface area contributed by atoms with Gasteiger partial charge in [-0.25, -0.2) is 4.98 Å². The third kappa shape index (κ3) is 2.85. The van der Waals surface area contributed by atoms with Crippen LogP contribution in [0, 0.1) is 0 Å². The van der Waals surface area contributed by atoms with Gasteiger partial charge in [-0.15, -0.1) is 0 Å². The van der Waals surface area contributed by atoms with Crippen LogP contribution >= 0.6 is 0 Å². The molecule has 0 amide bonds. The molecule has 0 spiro atoms. The van der Waals surface area contributed by atoms with Crippen molar-refractivity contribution in [2.75, 3.05) is 6.54 Å². The number of nitrogens with zero attached hydrogens (tertiary/aromatic N) is 1. The van der Waals surface area contributed by atoms with E-state index >= 15 is 0 Å². The van der Waals surface area contributed by atoms with E-state index in [0.717, 1.165) is 29.1 Å². The maximum absolute atomic E-state index is 5.98. The van der Waals surface area contributed by atoms with Crippen molar-refractivity contribution in [2.24, 2.45) is 5.73 Å². The molecular weight excluding hydrogens is 250 g/mol. The second-order valence-electron chi connectivity index (χ2n) is 5.32. The molecule has 3 rings (SSSR count). The van der Waals surface area contributed by atoms with Gasteiger partial charge in [0.15, 0.2) is 0 Å². The number of ether oxygens (including phenoxy) is 1. The number of nitrogens with one attached hydrogen (secondary N) is 1. The summed E-state index contributed by atoms with van der Waals surface area (Å²) in [7, 11) is 0. The Kier molecular flexibility index (Phi) is 4.02. The highest BCUT2D eigenvalue weighted by Gasteiger charge is 2.16. The van der Waals surface area contributed by atoms with Gasteiger partial charge in [-0.05, 0) is 56.5 Å². The molecule has 2 aromatic rings. The first-order valence-corrected chi connectivity index (χ1v) is 7.36. The lowest BCUT2D eigenvalue weighted by atomic mass is 10.1. The minimum Gasteiger partial charge on any atom is -0.490 e. The second kappa shape index (κ2) is 6.09. The summed E-state index contributed by atoms with van der Waals surface area (Å²) in [5.41, 5.74) is 8.80. The lowest BCUT2D eigenvalue weighted by molar-refractivity contribution is 0.210. The van der Waals surface area contributed by atoms with Crippen molar-refractivity contribution in [1.29, 1.82) is 0 Å². The first-order valence-electron chi connectivity index (χ1n) is 7.36. The Hall–Kier alpha value is -1.81. The van der Waals surface area contributed by atoms with E-state index in [9.17, 15) is 0 Å². The van der Waals surface area contributed by atoms with Crippen molar-refractivity contribution in [2.45, 2.75) is 38.2 Å². The Labute approximate surface area is 119 Å². The van der Waals surface area contributed by atoms with Crippen LogP contribution in [0.5, 0.6) is 5.75 Å². The lowest BCUT2D eigenvalue weighted by Crippen LogP contribution is -2.10. The Morgan fingerprint density at radius 2 is 1.95 bits per heavy atom. The number of aromatic nitrogens is 2. The summed E-state index contributed by atoms with van der Waals surface area (Å²) < 4.78 is 5.98. The predicted octanol–water partition coefficient (Wildman–Crippen LogP) is 2.90. The Balaban J connectivity index is 1.73. The van der Waals surface area contributed by atoms with Gasteiger partial charge in [0.25, 0.3) is 0 Å². The molecule has 1 fully saturated rings. The SMILES string of the molecule is NCCc1[nH]cnc1-c1ccc(OC2CCCC2)cc1. The number of aromatic amines is 1. The summed E-state index contributed by atoms with van der Waals surface area (Å²) in [5.74, 6) is 0.955. The highest BCUT2D eigenvalue weighted by atomic mass is 16.5. The first-order chi connectivity index (χ1) is 9.86. The van der Waals surface area contributed by atoms with Crippen LogP contribution in [-0.4, -0.2) is 22.6 Å². The average molecular weight is 271 g/mol. The van der Waals surface area contributed by atoms with E-state index < -0.39 is 0 Å². The summed E-state index contributed by atoms with van der Waals surface area (Å²) in [6.45, 7) is 0.623. The summed E-state index contributed by atoms with van der Waals surface area (Å²) in [5, 5.41) is 0. The number of hydrogen-bond acceptors (Lipinski definition) is 3. The number of rotatable bonds is 5. The van der Waals surface area contributed by atoms with Gasteiger partial charge in [-0.2, -0.15) is 0 Å². The lowest BCUT2D eigenvalue weighted by Gasteiger charge is -2.13. The smallest absolute Gasteiger partial charge is 0.119 e. The Morgan fingerprint density at radius 3 is 2.65 bits per heavy atom. The molecule has 4 heteroatoms. The molecule has 4 nitrogen and oxygen atoms in total. The molecule has 0 aliphatic heterocycles. The van der Waals surface area contributed by atoms with Crippen molar-refractivity contribution in [1.82, 2.24) is 9.97 Å². The summed E-state index contributed by atoms with van der Waals surface area (Å²) in [4.78, 5) is 7.54. The first kappa shape index (κ1) is 13.2. The van der Waals surface area contributed by atoms with Gasteiger partial charge in [-0.1, -0.05) is 0 Å². The molecule has 0 radical (unpaired) electrons. The maximum Gasteiger partial charge on any atom is 0.119 e. The Morgan fingerprint density at radius 1 is 1.20 bits per heavy atom. The quantitative estimate of drug-likeness (QED) is 0.879. The molecule has 0 saturated heterocycles. The molecule has 20 heavy (non-hydrogen) atoms. The molecule has 1 saturated carbocycles. The average Bonchev–Trinajstić information content (AvgIpc) is 3.12. The molecule has 3 N–H and O–H groups in total. The second-order valence-corrected chi connectivity index (χ2v) is 5.32. The van der Waals surface area contributed by atoms with Gasteiger partial charge >= 0.3 is 0 Å². The number of hydrogen-bond donors (Lipinski definition) is 2. The third-order valence-corrected chi connectivity index (χ3v) is 3.85. The minimum atomic E-state index is 0.402. The number of H-pyrrole nitrogens is 1. The molecule has 1 aliphatic carbocycles. The van der Waals surface area contributed by atoms with Crippen LogP contribution in [0.15, 0.2) is 30.6 Å². The molecule has 1 aromatic heterocycles. The zero-order chi connectivity index (χ0) is 13.8. The molecule has 1 heterocycles. The largest absolute Gasteiger partial charge is 0.490 e. The van der Waals surface area contributed by atoms with Crippen LogP contribution in [0.1, 0.15) is 31.4 Å². The van der Waals surface area contributed by atoms with E-state index in [2.05, 4.69) is 22.1 Å². The van der Waals surface area contributed by atoms with Crippen LogP contribution in [0.25, 0.3) is 11.3 Å². The van der Waals surface area contributed by atoms with Gasteiger partial charge in [0.05, 0.1) is 18.1 Å². The van der Waals surface area contributed by atoms with Gasteiger partial charge < -0.3 is 15.5 Å². The molecular formula is C16H21N3O.